The first-order valence-corrected chi connectivity index (χ1v) is 5.84. The number of aliphatic hydroxyl groups excluding tert-OH is 1. The Morgan fingerprint density at radius 1 is 1.50 bits per heavy atom. The van der Waals surface area contributed by atoms with E-state index in [4.69, 9.17) is 4.74 Å². The number of nitrogens with zero attached hydrogens (tertiary/aromatic N) is 1. The molecule has 0 aliphatic heterocycles. The number of likely N-dealkylation sites (N-methyl/N-ethyl adjacent to an activating group) is 1. The Labute approximate surface area is 106 Å². The van der Waals surface area contributed by atoms with E-state index in [0.717, 1.165) is 0 Å². The Balaban J connectivity index is 2.52. The maximum Gasteiger partial charge on any atom is 0.308 e. The number of hydrogen-bond acceptors (Lipinski definition) is 4. The van der Waals surface area contributed by atoms with E-state index in [1.807, 2.05) is 0 Å². The predicted octanol–water partition coefficient (Wildman–Crippen LogP) is 1.58. The SMILES string of the molecule is CCOC(=O)CC(O)CN(C)c1ccccc1F. The summed E-state index contributed by atoms with van der Waals surface area (Å²) in [5, 5.41) is 9.70. The fourth-order valence-electron chi connectivity index (χ4n) is 1.65. The molecule has 0 amide bonds. The monoisotopic (exact) mass is 255 g/mol. The topological polar surface area (TPSA) is 49.8 Å². The van der Waals surface area contributed by atoms with Crippen LogP contribution >= 0.6 is 0 Å². The largest absolute Gasteiger partial charge is 0.466 e. The van der Waals surface area contributed by atoms with Gasteiger partial charge in [-0.15, -0.1) is 0 Å². The zero-order valence-corrected chi connectivity index (χ0v) is 10.6. The number of carbonyl (C=O) groups excluding carboxylic acids is 1. The van der Waals surface area contributed by atoms with Crippen LogP contribution in [-0.2, 0) is 9.53 Å². The van der Waals surface area contributed by atoms with Crippen molar-refractivity contribution in [1.29, 1.82) is 0 Å². The molecule has 0 aromatic heterocycles. The molecular formula is C13H18FNO3. The van der Waals surface area contributed by atoms with Crippen LogP contribution in [0.5, 0.6) is 0 Å². The molecular weight excluding hydrogens is 237 g/mol. The van der Waals surface area contributed by atoms with Crippen LogP contribution in [0.2, 0.25) is 0 Å². The quantitative estimate of drug-likeness (QED) is 0.784. The van der Waals surface area contributed by atoms with Crippen molar-refractivity contribution in [2.75, 3.05) is 25.1 Å². The first kappa shape index (κ1) is 14.4. The number of rotatable bonds is 6. The van der Waals surface area contributed by atoms with Gasteiger partial charge in [-0.1, -0.05) is 12.1 Å². The molecule has 1 aromatic rings. The molecule has 0 heterocycles. The average Bonchev–Trinajstić information content (AvgIpc) is 2.29. The van der Waals surface area contributed by atoms with Crippen LogP contribution in [0.15, 0.2) is 24.3 Å². The van der Waals surface area contributed by atoms with Crippen molar-refractivity contribution in [2.24, 2.45) is 0 Å². The standard InChI is InChI=1S/C13H18FNO3/c1-3-18-13(17)8-10(16)9-15(2)12-7-5-4-6-11(12)14/h4-7,10,16H,3,8-9H2,1-2H3. The van der Waals surface area contributed by atoms with Crippen molar-refractivity contribution in [2.45, 2.75) is 19.4 Å². The molecule has 100 valence electrons. The van der Waals surface area contributed by atoms with Gasteiger partial charge in [0.15, 0.2) is 0 Å². The van der Waals surface area contributed by atoms with Gasteiger partial charge in [-0.25, -0.2) is 4.39 Å². The van der Waals surface area contributed by atoms with Crippen LogP contribution in [0.25, 0.3) is 0 Å². The lowest BCUT2D eigenvalue weighted by molar-refractivity contribution is -0.145. The zero-order chi connectivity index (χ0) is 13.5. The fourth-order valence-corrected chi connectivity index (χ4v) is 1.65. The van der Waals surface area contributed by atoms with Gasteiger partial charge >= 0.3 is 5.97 Å². The molecule has 0 saturated carbocycles. The summed E-state index contributed by atoms with van der Waals surface area (Å²) in [7, 11) is 1.66. The summed E-state index contributed by atoms with van der Waals surface area (Å²) in [6.07, 6.45) is -0.972. The fraction of sp³-hybridized carbons (Fsp3) is 0.462. The molecule has 4 nitrogen and oxygen atoms in total. The van der Waals surface area contributed by atoms with Gasteiger partial charge in [0.25, 0.3) is 0 Å². The highest BCUT2D eigenvalue weighted by atomic mass is 19.1. The van der Waals surface area contributed by atoms with Crippen LogP contribution < -0.4 is 4.90 Å². The summed E-state index contributed by atoms with van der Waals surface area (Å²) in [6.45, 7) is 2.16. The van der Waals surface area contributed by atoms with Gasteiger partial charge < -0.3 is 14.7 Å². The number of carbonyl (C=O) groups is 1. The molecule has 0 radical (unpaired) electrons. The van der Waals surface area contributed by atoms with E-state index in [1.165, 1.54) is 6.07 Å². The number of ether oxygens (including phenoxy) is 1. The predicted molar refractivity (Wildman–Crippen MR) is 66.9 cm³/mol. The highest BCUT2D eigenvalue weighted by Crippen LogP contribution is 2.17. The van der Waals surface area contributed by atoms with E-state index in [1.54, 1.807) is 37.1 Å². The maximum absolute atomic E-state index is 13.5. The van der Waals surface area contributed by atoms with Crippen LogP contribution in [0.1, 0.15) is 13.3 Å². The van der Waals surface area contributed by atoms with Crippen molar-refractivity contribution in [3.8, 4) is 0 Å². The van der Waals surface area contributed by atoms with E-state index < -0.39 is 12.1 Å². The van der Waals surface area contributed by atoms with Gasteiger partial charge in [0, 0.05) is 13.6 Å². The molecule has 0 fully saturated rings. The lowest BCUT2D eigenvalue weighted by Crippen LogP contribution is -2.31. The Hall–Kier alpha value is -1.62. The third kappa shape index (κ3) is 4.33. The minimum atomic E-state index is -0.881. The summed E-state index contributed by atoms with van der Waals surface area (Å²) >= 11 is 0. The molecule has 0 aliphatic carbocycles. The molecule has 1 rings (SSSR count). The first-order chi connectivity index (χ1) is 8.54. The second kappa shape index (κ2) is 6.96. The van der Waals surface area contributed by atoms with Crippen molar-refractivity contribution >= 4 is 11.7 Å². The number of anilines is 1. The Bertz CT molecular complexity index is 398. The lowest BCUT2D eigenvalue weighted by Gasteiger charge is -2.22. The average molecular weight is 255 g/mol. The third-order valence-corrected chi connectivity index (χ3v) is 2.46. The molecule has 18 heavy (non-hydrogen) atoms. The maximum atomic E-state index is 13.5. The Morgan fingerprint density at radius 2 is 2.17 bits per heavy atom. The van der Waals surface area contributed by atoms with Gasteiger partial charge in [0.2, 0.25) is 0 Å². The van der Waals surface area contributed by atoms with Crippen LogP contribution in [0, 0.1) is 5.82 Å². The summed E-state index contributed by atoms with van der Waals surface area (Å²) < 4.78 is 18.2. The summed E-state index contributed by atoms with van der Waals surface area (Å²) in [4.78, 5) is 12.7. The molecule has 0 spiro atoms. The highest BCUT2D eigenvalue weighted by molar-refractivity contribution is 5.70. The lowest BCUT2D eigenvalue weighted by atomic mass is 10.2. The Morgan fingerprint density at radius 3 is 2.78 bits per heavy atom. The minimum Gasteiger partial charge on any atom is -0.466 e. The minimum absolute atomic E-state index is 0.0906. The second-order valence-electron chi connectivity index (χ2n) is 3.99. The zero-order valence-electron chi connectivity index (χ0n) is 10.6. The van der Waals surface area contributed by atoms with E-state index in [-0.39, 0.29) is 25.4 Å². The number of hydrogen-bond donors (Lipinski definition) is 1. The Kier molecular flexibility index (Phi) is 5.58. The molecule has 1 N–H and O–H groups in total. The van der Waals surface area contributed by atoms with Crippen molar-refractivity contribution in [3.63, 3.8) is 0 Å². The highest BCUT2D eigenvalue weighted by Gasteiger charge is 2.15. The molecule has 5 heteroatoms. The summed E-state index contributed by atoms with van der Waals surface area (Å²) in [6, 6.07) is 6.28. The smallest absolute Gasteiger partial charge is 0.308 e. The number of benzene rings is 1. The number of para-hydroxylation sites is 1. The normalized spacial score (nSPS) is 12.0. The molecule has 0 saturated heterocycles. The van der Waals surface area contributed by atoms with Gasteiger partial charge in [-0.05, 0) is 19.1 Å². The van der Waals surface area contributed by atoms with Gasteiger partial charge in [-0.3, -0.25) is 4.79 Å². The summed E-state index contributed by atoms with van der Waals surface area (Å²) in [5.74, 6) is -0.810. The van der Waals surface area contributed by atoms with E-state index in [2.05, 4.69) is 0 Å². The number of aliphatic hydroxyl groups is 1. The first-order valence-electron chi connectivity index (χ1n) is 5.84. The molecule has 1 atom stereocenters. The van der Waals surface area contributed by atoms with E-state index in [0.29, 0.717) is 5.69 Å². The number of halogens is 1. The third-order valence-electron chi connectivity index (χ3n) is 2.46. The molecule has 1 aromatic carbocycles. The van der Waals surface area contributed by atoms with E-state index in [9.17, 15) is 14.3 Å². The van der Waals surface area contributed by atoms with Crippen LogP contribution in [0.4, 0.5) is 10.1 Å². The molecule has 0 bridgehead atoms. The molecule has 1 unspecified atom stereocenters. The van der Waals surface area contributed by atoms with Crippen LogP contribution in [0.3, 0.4) is 0 Å². The van der Waals surface area contributed by atoms with E-state index >= 15 is 0 Å². The van der Waals surface area contributed by atoms with Gasteiger partial charge in [0.1, 0.15) is 5.82 Å². The van der Waals surface area contributed by atoms with Crippen molar-refractivity contribution in [1.82, 2.24) is 0 Å². The van der Waals surface area contributed by atoms with Crippen LogP contribution in [-0.4, -0.2) is 37.4 Å². The van der Waals surface area contributed by atoms with Crippen molar-refractivity contribution in [3.05, 3.63) is 30.1 Å². The molecule has 0 aliphatic rings. The summed E-state index contributed by atoms with van der Waals surface area (Å²) in [5.41, 5.74) is 0.389. The number of esters is 1. The second-order valence-corrected chi connectivity index (χ2v) is 3.99. The van der Waals surface area contributed by atoms with Gasteiger partial charge in [0.05, 0.1) is 24.8 Å². The van der Waals surface area contributed by atoms with Crippen molar-refractivity contribution < 1.29 is 19.0 Å². The van der Waals surface area contributed by atoms with Gasteiger partial charge in [-0.2, -0.15) is 0 Å².